The van der Waals surface area contributed by atoms with Gasteiger partial charge in [-0.1, -0.05) is 6.07 Å². The number of sulfonamides is 1. The molecule has 1 aliphatic rings. The Bertz CT molecular complexity index is 1330. The number of aliphatic carboxylic acids is 1. The summed E-state index contributed by atoms with van der Waals surface area (Å²) in [7, 11) is 1.18. The topological polar surface area (TPSA) is 155 Å². The van der Waals surface area contributed by atoms with Gasteiger partial charge < -0.3 is 29.3 Å². The molecule has 2 aromatic carbocycles. The third kappa shape index (κ3) is 9.04. The number of anilines is 2. The van der Waals surface area contributed by atoms with E-state index in [1.54, 1.807) is 27.4 Å². The van der Waals surface area contributed by atoms with Crippen LogP contribution >= 0.6 is 0 Å². The smallest absolute Gasteiger partial charge is 0.490 e. The van der Waals surface area contributed by atoms with Crippen molar-refractivity contribution in [3.8, 4) is 17.2 Å². The zero-order valence-electron chi connectivity index (χ0n) is 22.8. The van der Waals surface area contributed by atoms with Crippen molar-refractivity contribution in [1.82, 2.24) is 4.90 Å². The molecule has 2 aromatic rings. The van der Waals surface area contributed by atoms with Crippen LogP contribution in [0.5, 0.6) is 17.2 Å². The number of carboxylic acid groups (broad SMARTS) is 2. The van der Waals surface area contributed by atoms with Crippen LogP contribution in [0.3, 0.4) is 0 Å². The van der Waals surface area contributed by atoms with Crippen LogP contribution in [0.1, 0.15) is 22.8 Å². The summed E-state index contributed by atoms with van der Waals surface area (Å²) in [4.78, 5) is 24.6. The van der Waals surface area contributed by atoms with E-state index in [4.69, 9.17) is 24.1 Å². The molecule has 16 heteroatoms. The van der Waals surface area contributed by atoms with Crippen molar-refractivity contribution in [2.75, 3.05) is 62.9 Å². The van der Waals surface area contributed by atoms with Gasteiger partial charge in [0, 0.05) is 38.3 Å². The van der Waals surface area contributed by atoms with E-state index in [1.807, 2.05) is 12.1 Å². The number of hydrogen-bond donors (Lipinski definition) is 3. The number of methoxy groups -OCH3 is 3. The van der Waals surface area contributed by atoms with Gasteiger partial charge in [0.25, 0.3) is 0 Å². The molecule has 1 fully saturated rings. The summed E-state index contributed by atoms with van der Waals surface area (Å²) in [6.07, 6.45) is -5.08. The lowest BCUT2D eigenvalue weighted by Crippen LogP contribution is -2.46. The summed E-state index contributed by atoms with van der Waals surface area (Å²) in [6, 6.07) is 8.32. The average Bonchev–Trinajstić information content (AvgIpc) is 2.92. The summed E-state index contributed by atoms with van der Waals surface area (Å²) in [5.41, 5.74) is 1.93. The summed E-state index contributed by atoms with van der Waals surface area (Å²) in [6.45, 7) is 4.90. The standard InChI is InChI=1S/C23H31N3O7S.C2HF3O2/c1-5-34(29,30)24-18-14-16(23(27)28)6-8-19(18)26-12-10-25(11-13-26)15-17-7-9-20(31-2)22(33-4)21(17)32-3;3-2(4,5)1(6)7/h6-9,14,24H,5,10-13,15H2,1-4H3,(H,27,28);(H,6,7). The maximum atomic E-state index is 12.2. The van der Waals surface area contributed by atoms with Gasteiger partial charge in [0.05, 0.1) is 44.0 Å². The normalized spacial score (nSPS) is 14.0. The van der Waals surface area contributed by atoms with E-state index in [-0.39, 0.29) is 17.0 Å². The number of piperazine rings is 1. The van der Waals surface area contributed by atoms with Gasteiger partial charge in [-0.15, -0.1) is 0 Å². The van der Waals surface area contributed by atoms with Crippen molar-refractivity contribution >= 4 is 33.3 Å². The molecular weight excluding hydrogens is 575 g/mol. The maximum absolute atomic E-state index is 12.2. The molecule has 3 rings (SSSR count). The summed E-state index contributed by atoms with van der Waals surface area (Å²) in [5.74, 6) is -2.20. The number of alkyl halides is 3. The van der Waals surface area contributed by atoms with E-state index in [0.29, 0.717) is 42.6 Å². The van der Waals surface area contributed by atoms with Crippen LogP contribution in [0.15, 0.2) is 30.3 Å². The van der Waals surface area contributed by atoms with Crippen molar-refractivity contribution in [2.24, 2.45) is 0 Å². The number of benzene rings is 2. The van der Waals surface area contributed by atoms with Gasteiger partial charge in [-0.25, -0.2) is 18.0 Å². The predicted molar refractivity (Wildman–Crippen MR) is 144 cm³/mol. The number of hydrogen-bond acceptors (Lipinski definition) is 9. The molecule has 0 spiro atoms. The number of nitrogens with one attached hydrogen (secondary N) is 1. The molecule has 3 N–H and O–H groups in total. The molecule has 0 aromatic heterocycles. The van der Waals surface area contributed by atoms with Gasteiger partial charge in [-0.3, -0.25) is 9.62 Å². The molecule has 0 amide bonds. The molecule has 12 nitrogen and oxygen atoms in total. The van der Waals surface area contributed by atoms with Crippen LogP contribution in [0.25, 0.3) is 0 Å². The quantitative estimate of drug-likeness (QED) is 0.365. The van der Waals surface area contributed by atoms with E-state index >= 15 is 0 Å². The lowest BCUT2D eigenvalue weighted by atomic mass is 10.1. The summed E-state index contributed by atoms with van der Waals surface area (Å²) in [5, 5.41) is 16.5. The number of halogens is 3. The Hall–Kier alpha value is -3.92. The number of aromatic carboxylic acids is 1. The second-order valence-electron chi connectivity index (χ2n) is 8.60. The fraction of sp³-hybridized carbons (Fsp3) is 0.440. The van der Waals surface area contributed by atoms with Gasteiger partial charge >= 0.3 is 18.1 Å². The molecule has 0 bridgehead atoms. The van der Waals surface area contributed by atoms with Crippen LogP contribution in [-0.2, 0) is 21.4 Å². The molecular formula is C25H32F3N3O9S. The first-order valence-corrected chi connectivity index (χ1v) is 13.8. The highest BCUT2D eigenvalue weighted by Gasteiger charge is 2.38. The van der Waals surface area contributed by atoms with Gasteiger partial charge in [-0.2, -0.15) is 13.2 Å². The largest absolute Gasteiger partial charge is 0.493 e. The lowest BCUT2D eigenvalue weighted by Gasteiger charge is -2.37. The van der Waals surface area contributed by atoms with Crippen LogP contribution in [0.2, 0.25) is 0 Å². The molecule has 1 saturated heterocycles. The zero-order valence-corrected chi connectivity index (χ0v) is 23.6. The van der Waals surface area contributed by atoms with Crippen molar-refractivity contribution in [2.45, 2.75) is 19.6 Å². The Morgan fingerprint density at radius 3 is 2.00 bits per heavy atom. The van der Waals surface area contributed by atoms with E-state index in [9.17, 15) is 31.5 Å². The van der Waals surface area contributed by atoms with Crippen molar-refractivity contribution in [3.05, 3.63) is 41.5 Å². The molecule has 228 valence electrons. The first-order valence-electron chi connectivity index (χ1n) is 12.1. The van der Waals surface area contributed by atoms with Crippen LogP contribution < -0.4 is 23.8 Å². The van der Waals surface area contributed by atoms with Crippen molar-refractivity contribution in [1.29, 1.82) is 0 Å². The van der Waals surface area contributed by atoms with Crippen LogP contribution in [0.4, 0.5) is 24.5 Å². The lowest BCUT2D eigenvalue weighted by molar-refractivity contribution is -0.192. The van der Waals surface area contributed by atoms with E-state index < -0.39 is 28.1 Å². The second kappa shape index (κ2) is 14.1. The van der Waals surface area contributed by atoms with Gasteiger partial charge in [0.15, 0.2) is 11.5 Å². The third-order valence-corrected chi connectivity index (χ3v) is 7.32. The third-order valence-electron chi connectivity index (χ3n) is 6.02. The van der Waals surface area contributed by atoms with E-state index in [2.05, 4.69) is 14.5 Å². The van der Waals surface area contributed by atoms with Crippen LogP contribution in [-0.4, -0.2) is 94.9 Å². The van der Waals surface area contributed by atoms with Gasteiger partial charge in [-0.05, 0) is 31.2 Å². The minimum Gasteiger partial charge on any atom is -0.493 e. The Balaban J connectivity index is 0.000000745. The average molecular weight is 608 g/mol. The molecule has 0 unspecified atom stereocenters. The van der Waals surface area contributed by atoms with Crippen molar-refractivity contribution < 1.29 is 55.6 Å². The number of rotatable bonds is 10. The first kappa shape index (κ1) is 33.3. The Labute approximate surface area is 235 Å². The molecule has 0 radical (unpaired) electrons. The Morgan fingerprint density at radius 2 is 1.54 bits per heavy atom. The molecule has 0 atom stereocenters. The number of ether oxygens (including phenoxy) is 3. The van der Waals surface area contributed by atoms with Crippen LogP contribution in [0, 0.1) is 0 Å². The molecule has 41 heavy (non-hydrogen) atoms. The number of carboxylic acids is 2. The number of carbonyl (C=O) groups is 2. The minimum atomic E-state index is -5.08. The highest BCUT2D eigenvalue weighted by Crippen LogP contribution is 2.40. The molecule has 1 heterocycles. The molecule has 1 aliphatic heterocycles. The fourth-order valence-corrected chi connectivity index (χ4v) is 4.58. The second-order valence-corrected chi connectivity index (χ2v) is 10.6. The van der Waals surface area contributed by atoms with Gasteiger partial charge in [0.2, 0.25) is 15.8 Å². The van der Waals surface area contributed by atoms with Gasteiger partial charge in [0.1, 0.15) is 0 Å². The Kier molecular flexibility index (Phi) is 11.5. The Morgan fingerprint density at radius 1 is 0.951 bits per heavy atom. The highest BCUT2D eigenvalue weighted by molar-refractivity contribution is 7.92. The fourth-order valence-electron chi connectivity index (χ4n) is 3.94. The predicted octanol–water partition coefficient (Wildman–Crippen LogP) is 3.13. The summed E-state index contributed by atoms with van der Waals surface area (Å²) < 4.78 is 75.1. The minimum absolute atomic E-state index is 0.0248. The van der Waals surface area contributed by atoms with E-state index in [1.165, 1.54) is 19.1 Å². The zero-order chi connectivity index (χ0) is 31.0. The maximum Gasteiger partial charge on any atom is 0.490 e. The van der Waals surface area contributed by atoms with Crippen molar-refractivity contribution in [3.63, 3.8) is 0 Å². The monoisotopic (exact) mass is 607 g/mol. The summed E-state index contributed by atoms with van der Waals surface area (Å²) >= 11 is 0. The number of nitrogens with zero attached hydrogens (tertiary/aromatic N) is 2. The molecule has 0 aliphatic carbocycles. The SMILES string of the molecule is CCS(=O)(=O)Nc1cc(C(=O)O)ccc1N1CCN(Cc2ccc(OC)c(OC)c2OC)CC1.O=C(O)C(F)(F)F. The van der Waals surface area contributed by atoms with E-state index in [0.717, 1.165) is 18.7 Å². The molecule has 0 saturated carbocycles. The highest BCUT2D eigenvalue weighted by atomic mass is 32.2. The first-order chi connectivity index (χ1) is 19.2.